The van der Waals surface area contributed by atoms with E-state index in [0.29, 0.717) is 23.9 Å². The first kappa shape index (κ1) is 16.5. The summed E-state index contributed by atoms with van der Waals surface area (Å²) < 4.78 is 5.21. The molecule has 2 aromatic rings. The summed E-state index contributed by atoms with van der Waals surface area (Å²) in [7, 11) is 0. The highest BCUT2D eigenvalue weighted by Crippen LogP contribution is 2.23. The lowest BCUT2D eigenvalue weighted by Gasteiger charge is -2.22. The molecule has 1 aliphatic heterocycles. The Hall–Kier alpha value is -2.37. The van der Waals surface area contributed by atoms with Crippen LogP contribution < -0.4 is 10.2 Å². The zero-order valence-corrected chi connectivity index (χ0v) is 14.3. The first-order chi connectivity index (χ1) is 11.7. The van der Waals surface area contributed by atoms with E-state index in [2.05, 4.69) is 34.2 Å². The third-order valence-corrected chi connectivity index (χ3v) is 4.39. The Labute approximate surface area is 142 Å². The molecule has 1 saturated heterocycles. The van der Waals surface area contributed by atoms with Gasteiger partial charge in [0.05, 0.1) is 17.8 Å². The van der Waals surface area contributed by atoms with Crippen LogP contribution in [0, 0.1) is 0 Å². The first-order valence-electron chi connectivity index (χ1n) is 8.62. The van der Waals surface area contributed by atoms with Crippen LogP contribution in [0.1, 0.15) is 54.9 Å². The maximum Gasteiger partial charge on any atom is 0.253 e. The van der Waals surface area contributed by atoms with Gasteiger partial charge in [-0.05, 0) is 38.3 Å². The zero-order chi connectivity index (χ0) is 16.9. The molecule has 0 aromatic carbocycles. The van der Waals surface area contributed by atoms with Crippen molar-refractivity contribution < 1.29 is 9.32 Å². The normalized spacial score (nSPS) is 17.2. The summed E-state index contributed by atoms with van der Waals surface area (Å²) in [6, 6.07) is 6.15. The summed E-state index contributed by atoms with van der Waals surface area (Å²) in [5.74, 6) is 1.45. The quantitative estimate of drug-likeness (QED) is 0.883. The second-order valence-electron chi connectivity index (χ2n) is 6.31. The number of rotatable bonds is 6. The molecule has 3 rings (SSSR count). The van der Waals surface area contributed by atoms with Gasteiger partial charge in [-0.25, -0.2) is 4.98 Å². The third kappa shape index (κ3) is 3.75. The minimum absolute atomic E-state index is 0.156. The Balaban J connectivity index is 1.56. The Kier molecular flexibility index (Phi) is 5.13. The SMILES string of the molecule is CCCc1cc(CNC(=O)c2ccc(N3CCC[C@H]3C)nc2)on1. The van der Waals surface area contributed by atoms with Crippen LogP contribution in [0.5, 0.6) is 0 Å². The molecular formula is C18H24N4O2. The Morgan fingerprint density at radius 1 is 1.46 bits per heavy atom. The number of carbonyl (C=O) groups excluding carboxylic acids is 1. The Bertz CT molecular complexity index is 681. The standard InChI is InChI=1S/C18H24N4O2/c1-3-5-15-10-16(24-21-15)12-20-18(23)14-7-8-17(19-11-14)22-9-4-6-13(22)2/h7-8,10-11,13H,3-6,9,12H2,1-2H3,(H,20,23)/t13-/m1/s1. The number of aromatic nitrogens is 2. The molecule has 0 unspecified atom stereocenters. The van der Waals surface area contributed by atoms with E-state index >= 15 is 0 Å². The van der Waals surface area contributed by atoms with Crippen molar-refractivity contribution in [1.82, 2.24) is 15.5 Å². The van der Waals surface area contributed by atoms with Crippen molar-refractivity contribution in [1.29, 1.82) is 0 Å². The van der Waals surface area contributed by atoms with Gasteiger partial charge in [0.25, 0.3) is 5.91 Å². The molecule has 1 N–H and O–H groups in total. The lowest BCUT2D eigenvalue weighted by Crippen LogP contribution is -2.27. The molecule has 24 heavy (non-hydrogen) atoms. The number of amides is 1. The monoisotopic (exact) mass is 328 g/mol. The number of hydrogen-bond acceptors (Lipinski definition) is 5. The maximum absolute atomic E-state index is 12.2. The van der Waals surface area contributed by atoms with E-state index in [1.807, 2.05) is 18.2 Å². The topological polar surface area (TPSA) is 71.3 Å². The predicted octanol–water partition coefficient (Wildman–Crippen LogP) is 2.94. The van der Waals surface area contributed by atoms with Crippen molar-refractivity contribution in [3.05, 3.63) is 41.4 Å². The van der Waals surface area contributed by atoms with E-state index in [9.17, 15) is 4.79 Å². The summed E-state index contributed by atoms with van der Waals surface area (Å²) in [6.07, 6.45) is 5.94. The van der Waals surface area contributed by atoms with Crippen LogP contribution in [-0.4, -0.2) is 28.6 Å². The van der Waals surface area contributed by atoms with E-state index < -0.39 is 0 Å². The molecule has 3 heterocycles. The Morgan fingerprint density at radius 3 is 3.00 bits per heavy atom. The molecular weight excluding hydrogens is 304 g/mol. The Morgan fingerprint density at radius 2 is 2.33 bits per heavy atom. The van der Waals surface area contributed by atoms with E-state index in [1.165, 1.54) is 12.8 Å². The third-order valence-electron chi connectivity index (χ3n) is 4.39. The predicted molar refractivity (Wildman–Crippen MR) is 91.9 cm³/mol. The van der Waals surface area contributed by atoms with Crippen molar-refractivity contribution in [3.63, 3.8) is 0 Å². The van der Waals surface area contributed by atoms with Gasteiger partial charge in [-0.3, -0.25) is 4.79 Å². The summed E-state index contributed by atoms with van der Waals surface area (Å²) in [5.41, 5.74) is 1.48. The molecule has 6 nitrogen and oxygen atoms in total. The summed E-state index contributed by atoms with van der Waals surface area (Å²) in [4.78, 5) is 18.9. The van der Waals surface area contributed by atoms with Gasteiger partial charge in [-0.1, -0.05) is 18.5 Å². The first-order valence-corrected chi connectivity index (χ1v) is 8.62. The highest BCUT2D eigenvalue weighted by molar-refractivity contribution is 5.93. The van der Waals surface area contributed by atoms with E-state index in [-0.39, 0.29) is 5.91 Å². The maximum atomic E-state index is 12.2. The zero-order valence-electron chi connectivity index (χ0n) is 14.3. The fourth-order valence-corrected chi connectivity index (χ4v) is 3.05. The van der Waals surface area contributed by atoms with Gasteiger partial charge in [-0.15, -0.1) is 0 Å². The van der Waals surface area contributed by atoms with Crippen LogP contribution in [0.15, 0.2) is 28.9 Å². The molecule has 2 aromatic heterocycles. The van der Waals surface area contributed by atoms with Crippen molar-refractivity contribution in [2.75, 3.05) is 11.4 Å². The lowest BCUT2D eigenvalue weighted by atomic mass is 10.2. The average molecular weight is 328 g/mol. The van der Waals surface area contributed by atoms with Gasteiger partial charge in [0.15, 0.2) is 5.76 Å². The minimum Gasteiger partial charge on any atom is -0.359 e. The van der Waals surface area contributed by atoms with E-state index in [0.717, 1.165) is 30.9 Å². The fraction of sp³-hybridized carbons (Fsp3) is 0.500. The van der Waals surface area contributed by atoms with Gasteiger partial charge in [0.2, 0.25) is 0 Å². The molecule has 6 heteroatoms. The van der Waals surface area contributed by atoms with Crippen LogP contribution in [0.3, 0.4) is 0 Å². The average Bonchev–Trinajstić information content (AvgIpc) is 3.22. The minimum atomic E-state index is -0.156. The highest BCUT2D eigenvalue weighted by atomic mass is 16.5. The lowest BCUT2D eigenvalue weighted by molar-refractivity contribution is 0.0946. The largest absolute Gasteiger partial charge is 0.359 e. The van der Waals surface area contributed by atoms with Gasteiger partial charge >= 0.3 is 0 Å². The number of anilines is 1. The molecule has 1 aliphatic rings. The molecule has 128 valence electrons. The van der Waals surface area contributed by atoms with Crippen LogP contribution in [-0.2, 0) is 13.0 Å². The van der Waals surface area contributed by atoms with E-state index in [1.54, 1.807) is 6.20 Å². The number of nitrogens with one attached hydrogen (secondary N) is 1. The van der Waals surface area contributed by atoms with Gasteiger partial charge in [-0.2, -0.15) is 0 Å². The van der Waals surface area contributed by atoms with Crippen molar-refractivity contribution in [3.8, 4) is 0 Å². The summed E-state index contributed by atoms with van der Waals surface area (Å²) in [5, 5.41) is 6.82. The molecule has 0 bridgehead atoms. The van der Waals surface area contributed by atoms with Gasteiger partial charge in [0, 0.05) is 24.8 Å². The van der Waals surface area contributed by atoms with Crippen LogP contribution in [0.4, 0.5) is 5.82 Å². The van der Waals surface area contributed by atoms with Gasteiger partial charge in [0.1, 0.15) is 5.82 Å². The molecule has 1 atom stereocenters. The second-order valence-corrected chi connectivity index (χ2v) is 6.31. The van der Waals surface area contributed by atoms with Crippen LogP contribution in [0.25, 0.3) is 0 Å². The molecule has 0 saturated carbocycles. The number of nitrogens with zero attached hydrogens (tertiary/aromatic N) is 3. The summed E-state index contributed by atoms with van der Waals surface area (Å²) >= 11 is 0. The second kappa shape index (κ2) is 7.47. The summed E-state index contributed by atoms with van der Waals surface area (Å²) in [6.45, 7) is 5.67. The molecule has 0 radical (unpaired) electrons. The van der Waals surface area contributed by atoms with Crippen molar-refractivity contribution >= 4 is 11.7 Å². The van der Waals surface area contributed by atoms with Crippen LogP contribution in [0.2, 0.25) is 0 Å². The smallest absolute Gasteiger partial charge is 0.253 e. The van der Waals surface area contributed by atoms with Crippen molar-refractivity contribution in [2.45, 2.75) is 52.1 Å². The molecule has 0 aliphatic carbocycles. The number of aryl methyl sites for hydroxylation is 1. The highest BCUT2D eigenvalue weighted by Gasteiger charge is 2.21. The molecule has 0 spiro atoms. The molecule has 1 amide bonds. The number of carbonyl (C=O) groups is 1. The van der Waals surface area contributed by atoms with Gasteiger partial charge < -0.3 is 14.7 Å². The van der Waals surface area contributed by atoms with E-state index in [4.69, 9.17) is 4.52 Å². The fourth-order valence-electron chi connectivity index (χ4n) is 3.05. The molecule has 1 fully saturated rings. The van der Waals surface area contributed by atoms with Crippen LogP contribution >= 0.6 is 0 Å². The van der Waals surface area contributed by atoms with Crippen molar-refractivity contribution in [2.24, 2.45) is 0 Å². The number of hydrogen-bond donors (Lipinski definition) is 1. The number of pyridine rings is 1.